The molecule has 1 rings (SSSR count). The number of nitrogens with one attached hydrogen (secondary N) is 1. The Labute approximate surface area is 121 Å². The van der Waals surface area contributed by atoms with E-state index >= 15 is 0 Å². The molecule has 20 heavy (non-hydrogen) atoms. The number of rotatable bonds is 5. The Morgan fingerprint density at radius 3 is 2.55 bits per heavy atom. The van der Waals surface area contributed by atoms with Gasteiger partial charge in [0.25, 0.3) is 0 Å². The van der Waals surface area contributed by atoms with Crippen molar-refractivity contribution in [2.75, 3.05) is 7.11 Å². The summed E-state index contributed by atoms with van der Waals surface area (Å²) in [6.07, 6.45) is 5.72. The highest BCUT2D eigenvalue weighted by Gasteiger charge is 2.32. The molecule has 1 fully saturated rings. The molecule has 4 atom stereocenters. The Kier molecular flexibility index (Phi) is 6.99. The predicted molar refractivity (Wildman–Crippen MR) is 78.0 cm³/mol. The highest BCUT2D eigenvalue weighted by atomic mass is 16.5. The van der Waals surface area contributed by atoms with Crippen molar-refractivity contribution in [1.82, 2.24) is 5.32 Å². The largest absolute Gasteiger partial charge is 0.467 e. The summed E-state index contributed by atoms with van der Waals surface area (Å²) >= 11 is 0. The minimum absolute atomic E-state index is 0.0494. The predicted octanol–water partition coefficient (Wildman–Crippen LogP) is 1.60. The van der Waals surface area contributed by atoms with Gasteiger partial charge in [0.05, 0.1) is 13.0 Å². The zero-order valence-corrected chi connectivity index (χ0v) is 12.9. The van der Waals surface area contributed by atoms with Crippen LogP contribution in [0.5, 0.6) is 0 Å². The van der Waals surface area contributed by atoms with Crippen molar-refractivity contribution >= 4 is 11.9 Å². The highest BCUT2D eigenvalue weighted by molar-refractivity contribution is 5.86. The molecule has 0 spiro atoms. The van der Waals surface area contributed by atoms with Gasteiger partial charge in [-0.3, -0.25) is 4.79 Å². The van der Waals surface area contributed by atoms with Crippen LogP contribution in [0.1, 0.15) is 52.4 Å². The monoisotopic (exact) mass is 284 g/mol. The summed E-state index contributed by atoms with van der Waals surface area (Å²) in [5, 5.41) is 2.85. The molecular formula is C15H28N2O3. The number of amides is 1. The van der Waals surface area contributed by atoms with Crippen LogP contribution in [0.4, 0.5) is 0 Å². The van der Waals surface area contributed by atoms with E-state index in [-0.39, 0.29) is 29.8 Å². The van der Waals surface area contributed by atoms with E-state index in [1.54, 1.807) is 0 Å². The van der Waals surface area contributed by atoms with Crippen molar-refractivity contribution in [3.05, 3.63) is 0 Å². The lowest BCUT2D eigenvalue weighted by Crippen LogP contribution is -2.50. The average molecular weight is 284 g/mol. The van der Waals surface area contributed by atoms with E-state index in [1.807, 2.05) is 13.8 Å². The van der Waals surface area contributed by atoms with E-state index in [4.69, 9.17) is 10.5 Å². The van der Waals surface area contributed by atoms with Crippen LogP contribution in [0.25, 0.3) is 0 Å². The van der Waals surface area contributed by atoms with E-state index in [0.29, 0.717) is 0 Å². The zero-order valence-electron chi connectivity index (χ0n) is 12.9. The zero-order chi connectivity index (χ0) is 15.1. The van der Waals surface area contributed by atoms with E-state index in [9.17, 15) is 9.59 Å². The molecule has 0 bridgehead atoms. The van der Waals surface area contributed by atoms with Gasteiger partial charge in [0.15, 0.2) is 0 Å². The van der Waals surface area contributed by atoms with Gasteiger partial charge >= 0.3 is 5.97 Å². The third-order valence-corrected chi connectivity index (χ3v) is 4.37. The molecule has 0 aromatic heterocycles. The lowest BCUT2D eigenvalue weighted by molar-refractivity contribution is -0.147. The van der Waals surface area contributed by atoms with E-state index in [0.717, 1.165) is 38.5 Å². The topological polar surface area (TPSA) is 81.4 Å². The van der Waals surface area contributed by atoms with Gasteiger partial charge in [-0.2, -0.15) is 0 Å². The normalized spacial score (nSPS) is 26.2. The summed E-state index contributed by atoms with van der Waals surface area (Å²) in [5.74, 6) is -0.618. The van der Waals surface area contributed by atoms with Gasteiger partial charge in [-0.15, -0.1) is 0 Å². The average Bonchev–Trinajstić information content (AvgIpc) is 2.67. The number of ether oxygens (including phenoxy) is 1. The third-order valence-electron chi connectivity index (χ3n) is 4.37. The molecule has 1 aliphatic carbocycles. The third kappa shape index (κ3) is 4.47. The second kappa shape index (κ2) is 8.25. The summed E-state index contributed by atoms with van der Waals surface area (Å²) in [7, 11) is 1.35. The first kappa shape index (κ1) is 17.0. The number of esters is 1. The standard InChI is InChI=1S/C15H28N2O3/c1-4-10(2)13(15(19)20-3)17-14(18)11-8-6-5-7-9-12(11)16/h10-13H,4-9,16H2,1-3H3,(H,17,18). The first-order chi connectivity index (χ1) is 9.51. The summed E-state index contributed by atoms with van der Waals surface area (Å²) in [6, 6.07) is -0.680. The molecule has 0 aromatic rings. The van der Waals surface area contributed by atoms with Crippen molar-refractivity contribution in [1.29, 1.82) is 0 Å². The molecule has 5 nitrogen and oxygen atoms in total. The van der Waals surface area contributed by atoms with Crippen LogP contribution < -0.4 is 11.1 Å². The molecular weight excluding hydrogens is 256 g/mol. The number of carbonyl (C=O) groups is 2. The number of methoxy groups -OCH3 is 1. The van der Waals surface area contributed by atoms with Gasteiger partial charge in [0, 0.05) is 6.04 Å². The highest BCUT2D eigenvalue weighted by Crippen LogP contribution is 2.23. The van der Waals surface area contributed by atoms with E-state index in [1.165, 1.54) is 7.11 Å². The molecule has 0 aliphatic heterocycles. The van der Waals surface area contributed by atoms with Crippen molar-refractivity contribution < 1.29 is 14.3 Å². The summed E-state index contributed by atoms with van der Waals surface area (Å²) in [4.78, 5) is 24.2. The molecule has 0 heterocycles. The fourth-order valence-electron chi connectivity index (χ4n) is 2.72. The fraction of sp³-hybridized carbons (Fsp3) is 0.867. The van der Waals surface area contributed by atoms with Crippen LogP contribution >= 0.6 is 0 Å². The van der Waals surface area contributed by atoms with Gasteiger partial charge in [-0.05, 0) is 18.8 Å². The molecule has 0 saturated heterocycles. The van der Waals surface area contributed by atoms with Gasteiger partial charge in [-0.1, -0.05) is 39.5 Å². The number of hydrogen-bond donors (Lipinski definition) is 2. The van der Waals surface area contributed by atoms with Crippen LogP contribution in [0, 0.1) is 11.8 Å². The lowest BCUT2D eigenvalue weighted by atomic mass is 9.92. The molecule has 3 N–H and O–H groups in total. The molecule has 1 saturated carbocycles. The Morgan fingerprint density at radius 1 is 1.30 bits per heavy atom. The van der Waals surface area contributed by atoms with Crippen molar-refractivity contribution in [2.45, 2.75) is 64.5 Å². The SMILES string of the molecule is CCC(C)C(NC(=O)C1CCCCCC1N)C(=O)OC. The number of hydrogen-bond acceptors (Lipinski definition) is 4. The van der Waals surface area contributed by atoms with Crippen LogP contribution in [-0.4, -0.2) is 31.1 Å². The maximum atomic E-state index is 12.4. The van der Waals surface area contributed by atoms with Crippen molar-refractivity contribution in [2.24, 2.45) is 17.6 Å². The maximum Gasteiger partial charge on any atom is 0.328 e. The van der Waals surface area contributed by atoms with Crippen molar-refractivity contribution in [3.8, 4) is 0 Å². The Bertz CT molecular complexity index is 333. The summed E-state index contributed by atoms with van der Waals surface area (Å²) < 4.78 is 4.79. The van der Waals surface area contributed by atoms with Gasteiger partial charge in [0.1, 0.15) is 6.04 Å². The Morgan fingerprint density at radius 2 is 1.95 bits per heavy atom. The number of carbonyl (C=O) groups excluding carboxylic acids is 2. The molecule has 116 valence electrons. The first-order valence-electron chi connectivity index (χ1n) is 7.65. The van der Waals surface area contributed by atoms with Gasteiger partial charge in [0.2, 0.25) is 5.91 Å². The molecule has 1 aliphatic rings. The second-order valence-corrected chi connectivity index (χ2v) is 5.80. The molecule has 5 heteroatoms. The first-order valence-corrected chi connectivity index (χ1v) is 7.65. The van der Waals surface area contributed by atoms with Crippen LogP contribution in [0.15, 0.2) is 0 Å². The molecule has 1 amide bonds. The quantitative estimate of drug-likeness (QED) is 0.593. The fourth-order valence-corrected chi connectivity index (χ4v) is 2.72. The molecule has 0 radical (unpaired) electrons. The van der Waals surface area contributed by atoms with Crippen molar-refractivity contribution in [3.63, 3.8) is 0 Å². The van der Waals surface area contributed by atoms with E-state index in [2.05, 4.69) is 5.32 Å². The Balaban J connectivity index is 2.71. The minimum Gasteiger partial charge on any atom is -0.467 e. The van der Waals surface area contributed by atoms with Crippen LogP contribution in [0.2, 0.25) is 0 Å². The lowest BCUT2D eigenvalue weighted by Gasteiger charge is -2.26. The molecule has 4 unspecified atom stereocenters. The smallest absolute Gasteiger partial charge is 0.328 e. The second-order valence-electron chi connectivity index (χ2n) is 5.80. The van der Waals surface area contributed by atoms with Crippen LogP contribution in [0.3, 0.4) is 0 Å². The molecule has 0 aromatic carbocycles. The van der Waals surface area contributed by atoms with Gasteiger partial charge < -0.3 is 15.8 Å². The van der Waals surface area contributed by atoms with Crippen LogP contribution in [-0.2, 0) is 14.3 Å². The summed E-state index contributed by atoms with van der Waals surface area (Å²) in [6.45, 7) is 3.93. The van der Waals surface area contributed by atoms with Gasteiger partial charge in [-0.25, -0.2) is 4.79 Å². The Hall–Kier alpha value is -1.10. The minimum atomic E-state index is -0.576. The number of nitrogens with two attached hydrogens (primary N) is 1. The van der Waals surface area contributed by atoms with E-state index < -0.39 is 6.04 Å². The summed E-state index contributed by atoms with van der Waals surface area (Å²) in [5.41, 5.74) is 6.10. The maximum absolute atomic E-state index is 12.4.